The number of aryl methyl sites for hydroxylation is 1. The molecule has 3 rings (SSSR count). The van der Waals surface area contributed by atoms with Crippen molar-refractivity contribution in [2.45, 2.75) is 64.8 Å². The minimum absolute atomic E-state index is 0.0730. The van der Waals surface area contributed by atoms with Gasteiger partial charge in [0.2, 0.25) is 0 Å². The highest BCUT2D eigenvalue weighted by molar-refractivity contribution is 5.73. The van der Waals surface area contributed by atoms with Gasteiger partial charge in [-0.25, -0.2) is 14.5 Å². The molecule has 2 N–H and O–H groups in total. The lowest BCUT2D eigenvalue weighted by atomic mass is 10.1. The van der Waals surface area contributed by atoms with E-state index in [4.69, 9.17) is 9.26 Å². The van der Waals surface area contributed by atoms with Gasteiger partial charge in [-0.1, -0.05) is 5.16 Å². The molecule has 10 nitrogen and oxygen atoms in total. The van der Waals surface area contributed by atoms with E-state index >= 15 is 0 Å². The Bertz CT molecular complexity index is 749. The smallest absolute Gasteiger partial charge is 0.315 e. The Hall–Kier alpha value is -2.49. The van der Waals surface area contributed by atoms with Crippen LogP contribution < -0.4 is 10.6 Å². The van der Waals surface area contributed by atoms with E-state index in [0.29, 0.717) is 30.6 Å². The normalized spacial score (nSPS) is 20.3. The van der Waals surface area contributed by atoms with E-state index in [1.54, 1.807) is 11.6 Å². The molecule has 2 atom stereocenters. The second-order valence-electron chi connectivity index (χ2n) is 7.33. The average molecular weight is 363 g/mol. The predicted molar refractivity (Wildman–Crippen MR) is 91.1 cm³/mol. The van der Waals surface area contributed by atoms with E-state index in [1.807, 2.05) is 20.8 Å². The van der Waals surface area contributed by atoms with Gasteiger partial charge in [-0.05, 0) is 40.5 Å². The van der Waals surface area contributed by atoms with E-state index in [1.165, 1.54) is 6.33 Å². The lowest BCUT2D eigenvalue weighted by molar-refractivity contribution is 0.0277. The van der Waals surface area contributed by atoms with Crippen LogP contribution in [0.4, 0.5) is 4.79 Å². The van der Waals surface area contributed by atoms with Crippen molar-refractivity contribution in [3.63, 3.8) is 0 Å². The third-order valence-electron chi connectivity index (χ3n) is 4.08. The molecule has 26 heavy (non-hydrogen) atoms. The van der Waals surface area contributed by atoms with Crippen LogP contribution in [0.2, 0.25) is 0 Å². The average Bonchev–Trinajstić information content (AvgIpc) is 3.30. The molecule has 0 bridgehead atoms. The van der Waals surface area contributed by atoms with Crippen molar-refractivity contribution in [1.29, 1.82) is 0 Å². The van der Waals surface area contributed by atoms with Crippen molar-refractivity contribution in [3.05, 3.63) is 23.9 Å². The zero-order valence-electron chi connectivity index (χ0n) is 15.5. The summed E-state index contributed by atoms with van der Waals surface area (Å²) in [6.07, 6.45) is 2.84. The third kappa shape index (κ3) is 4.37. The molecular formula is C16H25N7O3. The molecule has 0 unspecified atom stereocenters. The number of amides is 2. The summed E-state index contributed by atoms with van der Waals surface area (Å²) in [5.74, 6) is 1.79. The molecule has 2 aromatic heterocycles. The number of aromatic nitrogens is 5. The van der Waals surface area contributed by atoms with Gasteiger partial charge in [-0.15, -0.1) is 0 Å². The topological polar surface area (TPSA) is 120 Å². The molecule has 0 aliphatic carbocycles. The summed E-state index contributed by atoms with van der Waals surface area (Å²) >= 11 is 0. The fourth-order valence-corrected chi connectivity index (χ4v) is 2.86. The lowest BCUT2D eigenvalue weighted by Gasteiger charge is -2.21. The van der Waals surface area contributed by atoms with Crippen molar-refractivity contribution in [3.8, 4) is 0 Å². The highest BCUT2D eigenvalue weighted by atomic mass is 16.5. The first-order chi connectivity index (χ1) is 12.3. The van der Waals surface area contributed by atoms with Crippen LogP contribution in [0.1, 0.15) is 57.3 Å². The summed E-state index contributed by atoms with van der Waals surface area (Å²) in [7, 11) is 0. The summed E-state index contributed by atoms with van der Waals surface area (Å²) in [6.45, 7) is 8.59. The zero-order chi connectivity index (χ0) is 18.7. The molecular weight excluding hydrogens is 338 g/mol. The molecule has 2 amide bonds. The Morgan fingerprint density at radius 2 is 2.15 bits per heavy atom. The molecule has 2 aromatic rings. The number of urea groups is 1. The fourth-order valence-electron chi connectivity index (χ4n) is 2.86. The number of ether oxygens (including phenoxy) is 1. The van der Waals surface area contributed by atoms with Crippen molar-refractivity contribution < 1.29 is 14.1 Å². The molecule has 3 heterocycles. The first-order valence-corrected chi connectivity index (χ1v) is 8.69. The van der Waals surface area contributed by atoms with Crippen LogP contribution >= 0.6 is 0 Å². The standard InChI is InChI=1S/C16H25N7O3/c1-10-21-14(26-22-10)12-6-5-11(25-12)7-17-15(24)18-8-13-19-9-20-23(13)16(2,3)4/h9,11-12H,5-8H2,1-4H3,(H2,17,18,24)/t11-,12+/m1/s1. The Balaban J connectivity index is 1.42. The number of hydrogen-bond donors (Lipinski definition) is 2. The van der Waals surface area contributed by atoms with Crippen molar-refractivity contribution in [1.82, 2.24) is 35.5 Å². The van der Waals surface area contributed by atoms with Crippen molar-refractivity contribution in [2.24, 2.45) is 0 Å². The quantitative estimate of drug-likeness (QED) is 0.825. The number of carbonyl (C=O) groups excluding carboxylic acids is 1. The summed E-state index contributed by atoms with van der Waals surface area (Å²) in [4.78, 5) is 20.4. The van der Waals surface area contributed by atoms with Crippen LogP contribution in [-0.4, -0.2) is 43.6 Å². The van der Waals surface area contributed by atoms with E-state index in [-0.39, 0.29) is 23.8 Å². The highest BCUT2D eigenvalue weighted by Gasteiger charge is 2.30. The number of nitrogens with zero attached hydrogens (tertiary/aromatic N) is 5. The Morgan fingerprint density at radius 1 is 1.35 bits per heavy atom. The van der Waals surface area contributed by atoms with Crippen LogP contribution in [0.15, 0.2) is 10.9 Å². The van der Waals surface area contributed by atoms with Gasteiger partial charge in [0.15, 0.2) is 5.82 Å². The number of carbonyl (C=O) groups is 1. The summed E-state index contributed by atoms with van der Waals surface area (Å²) in [6, 6.07) is -0.269. The Morgan fingerprint density at radius 3 is 2.85 bits per heavy atom. The van der Waals surface area contributed by atoms with Gasteiger partial charge < -0.3 is 19.9 Å². The van der Waals surface area contributed by atoms with Crippen LogP contribution in [0.5, 0.6) is 0 Å². The highest BCUT2D eigenvalue weighted by Crippen LogP contribution is 2.31. The van der Waals surface area contributed by atoms with Gasteiger partial charge in [0, 0.05) is 6.54 Å². The minimum atomic E-state index is -0.269. The van der Waals surface area contributed by atoms with Crippen molar-refractivity contribution in [2.75, 3.05) is 6.54 Å². The van der Waals surface area contributed by atoms with E-state index in [2.05, 4.69) is 30.9 Å². The molecule has 1 saturated heterocycles. The Labute approximate surface area is 151 Å². The molecule has 0 spiro atoms. The van der Waals surface area contributed by atoms with Gasteiger partial charge in [0.1, 0.15) is 18.3 Å². The first-order valence-electron chi connectivity index (χ1n) is 8.69. The van der Waals surface area contributed by atoms with Crippen LogP contribution in [0, 0.1) is 6.92 Å². The molecule has 0 aromatic carbocycles. The predicted octanol–water partition coefficient (Wildman–Crippen LogP) is 1.44. The van der Waals surface area contributed by atoms with E-state index < -0.39 is 0 Å². The maximum atomic E-state index is 12.0. The summed E-state index contributed by atoms with van der Waals surface area (Å²) < 4.78 is 12.8. The second kappa shape index (κ2) is 7.40. The van der Waals surface area contributed by atoms with Crippen molar-refractivity contribution >= 4 is 6.03 Å². The zero-order valence-corrected chi connectivity index (χ0v) is 15.5. The molecule has 0 saturated carbocycles. The first kappa shape index (κ1) is 18.3. The largest absolute Gasteiger partial charge is 0.363 e. The molecule has 1 aliphatic heterocycles. The van der Waals surface area contributed by atoms with E-state index in [9.17, 15) is 4.79 Å². The molecule has 1 fully saturated rings. The number of rotatable bonds is 5. The monoisotopic (exact) mass is 363 g/mol. The summed E-state index contributed by atoms with van der Waals surface area (Å²) in [5, 5.41) is 13.6. The molecule has 1 aliphatic rings. The van der Waals surface area contributed by atoms with Gasteiger partial charge in [-0.2, -0.15) is 10.1 Å². The Kier molecular flexibility index (Phi) is 5.21. The van der Waals surface area contributed by atoms with Crippen LogP contribution in [-0.2, 0) is 16.8 Å². The number of nitrogens with one attached hydrogen (secondary N) is 2. The second-order valence-corrected chi connectivity index (χ2v) is 7.33. The van der Waals surface area contributed by atoms with Gasteiger partial charge in [-0.3, -0.25) is 0 Å². The molecule has 10 heteroatoms. The number of hydrogen-bond acceptors (Lipinski definition) is 7. The maximum absolute atomic E-state index is 12.0. The third-order valence-corrected chi connectivity index (χ3v) is 4.08. The minimum Gasteiger partial charge on any atom is -0.363 e. The molecule has 0 radical (unpaired) electrons. The van der Waals surface area contributed by atoms with Gasteiger partial charge >= 0.3 is 6.03 Å². The van der Waals surface area contributed by atoms with Crippen LogP contribution in [0.25, 0.3) is 0 Å². The summed E-state index contributed by atoms with van der Waals surface area (Å²) in [5.41, 5.74) is -0.191. The lowest BCUT2D eigenvalue weighted by Crippen LogP contribution is -2.40. The SMILES string of the molecule is Cc1noc([C@@H]2CC[C@H](CNC(=O)NCc3ncnn3C(C)(C)C)O2)n1. The van der Waals surface area contributed by atoms with Crippen LogP contribution in [0.3, 0.4) is 0 Å². The maximum Gasteiger partial charge on any atom is 0.315 e. The molecule has 142 valence electrons. The van der Waals surface area contributed by atoms with Gasteiger partial charge in [0.25, 0.3) is 5.89 Å². The van der Waals surface area contributed by atoms with Gasteiger partial charge in [0.05, 0.1) is 18.2 Å². The van der Waals surface area contributed by atoms with E-state index in [0.717, 1.165) is 12.8 Å². The fraction of sp³-hybridized carbons (Fsp3) is 0.688.